The molecule has 17 heteroatoms. The van der Waals surface area contributed by atoms with Crippen molar-refractivity contribution in [3.63, 3.8) is 0 Å². The summed E-state index contributed by atoms with van der Waals surface area (Å²) in [6, 6.07) is -1.51. The van der Waals surface area contributed by atoms with Gasteiger partial charge < -0.3 is 41.1 Å². The Kier molecular flexibility index (Phi) is 16.5. The minimum Gasteiger partial charge on any atom is -0.480 e. The Morgan fingerprint density at radius 1 is 0.724 bits per heavy atom. The van der Waals surface area contributed by atoms with Gasteiger partial charge >= 0.3 is 29.8 Å². The summed E-state index contributed by atoms with van der Waals surface area (Å²) < 4.78 is 0. The predicted octanol–water partition coefficient (Wildman–Crippen LogP) is 1.99. The zero-order chi connectivity index (χ0) is 43.1. The lowest BCUT2D eigenvalue weighted by molar-refractivity contribution is -0.202. The number of hydrogen-bond donors (Lipinski definition) is 8. The molecule has 4 aliphatic rings. The maximum atomic E-state index is 13.5. The molecule has 58 heavy (non-hydrogen) atoms. The number of aliphatic hydroxyl groups excluding tert-OH is 2. The molecule has 0 saturated heterocycles. The van der Waals surface area contributed by atoms with Gasteiger partial charge in [-0.2, -0.15) is 0 Å². The number of rotatable bonds is 23. The highest BCUT2D eigenvalue weighted by Crippen LogP contribution is 2.68. The summed E-state index contributed by atoms with van der Waals surface area (Å²) in [5.41, 5.74) is -0.332. The number of nitrogens with one attached hydrogen (secondary N) is 1. The standard InChI is InChI=1S/C41H68N4O13/c1-5-6-24(2)27-7-8-28-38-29(19-32(47)41(27,28)4)40(3)12-11-26(17-25(40)18-31(38)46)42-33(48)10-9-30(39(57)58)45(15-13-43(20-34(49)50)21-35(51)52)16-14-44(22-36(53)54)23-37(55)56/h24-32,38,46-47H,5-23H2,1-4H3,(H,42,48)(H,49,50)(H,51,52)(H,53,54)(H,55,56)(H,57,58)/t24-,25+,26+,27-,28+,29+,30?,31-,32+,38+,40+,41-/m1/s1. The molecule has 17 nitrogen and oxygen atoms in total. The Labute approximate surface area is 341 Å². The van der Waals surface area contributed by atoms with Crippen LogP contribution in [0.5, 0.6) is 0 Å². The molecule has 0 aromatic heterocycles. The Hall–Kier alpha value is -3.38. The second kappa shape index (κ2) is 20.3. The van der Waals surface area contributed by atoms with Crippen LogP contribution < -0.4 is 5.32 Å². The molecular weight excluding hydrogens is 756 g/mol. The monoisotopic (exact) mass is 824 g/mol. The van der Waals surface area contributed by atoms with Crippen molar-refractivity contribution in [1.82, 2.24) is 20.0 Å². The van der Waals surface area contributed by atoms with Gasteiger partial charge in [0, 0.05) is 38.6 Å². The molecule has 0 heterocycles. The van der Waals surface area contributed by atoms with Crippen LogP contribution in [0.3, 0.4) is 0 Å². The first-order valence-corrected chi connectivity index (χ1v) is 21.1. The van der Waals surface area contributed by atoms with Gasteiger partial charge in [0.2, 0.25) is 5.91 Å². The first-order chi connectivity index (χ1) is 27.2. The number of carbonyl (C=O) groups is 6. The molecule has 0 aromatic rings. The topological polar surface area (TPSA) is 266 Å². The fourth-order valence-electron chi connectivity index (χ4n) is 12.1. The van der Waals surface area contributed by atoms with Gasteiger partial charge in [-0.15, -0.1) is 0 Å². The lowest BCUT2D eigenvalue weighted by Crippen LogP contribution is -2.63. The van der Waals surface area contributed by atoms with Crippen molar-refractivity contribution < 1.29 is 64.5 Å². The number of aliphatic carboxylic acids is 5. The lowest BCUT2D eigenvalue weighted by Gasteiger charge is -2.63. The van der Waals surface area contributed by atoms with Crippen LogP contribution in [0, 0.1) is 46.3 Å². The zero-order valence-electron chi connectivity index (χ0n) is 34.6. The van der Waals surface area contributed by atoms with Crippen molar-refractivity contribution >= 4 is 35.8 Å². The Morgan fingerprint density at radius 3 is 1.78 bits per heavy atom. The van der Waals surface area contributed by atoms with Gasteiger partial charge in [0.15, 0.2) is 0 Å². The number of hydrogen-bond acceptors (Lipinski definition) is 11. The summed E-state index contributed by atoms with van der Waals surface area (Å²) in [5.74, 6) is -5.25. The summed E-state index contributed by atoms with van der Waals surface area (Å²) in [7, 11) is 0. The van der Waals surface area contributed by atoms with Crippen LogP contribution in [0.15, 0.2) is 0 Å². The number of aliphatic hydroxyl groups is 2. The number of carboxylic acid groups (broad SMARTS) is 5. The smallest absolute Gasteiger partial charge is 0.320 e. The SMILES string of the molecule is CCC[C@@H](C)[C@H]1CC[C@H]2[C@@H]3[C@H](O)C[C@@H]4C[C@@H](NC(=O)CCC(C(=O)O)N(CCN(CC(=O)O)CC(=O)O)CCN(CC(=O)O)CC(=O)O)CC[C@]4(C)[C@H]3C[C@H](O)[C@]12C. The van der Waals surface area contributed by atoms with Crippen LogP contribution in [0.1, 0.15) is 98.3 Å². The van der Waals surface area contributed by atoms with Crippen molar-refractivity contribution in [3.05, 3.63) is 0 Å². The highest BCUT2D eigenvalue weighted by molar-refractivity contribution is 5.79. The van der Waals surface area contributed by atoms with E-state index in [9.17, 15) is 64.5 Å². The maximum Gasteiger partial charge on any atom is 0.320 e. The molecule has 4 saturated carbocycles. The van der Waals surface area contributed by atoms with Crippen molar-refractivity contribution in [2.75, 3.05) is 52.4 Å². The molecular formula is C41H68N4O13. The average molecular weight is 825 g/mol. The number of fused-ring (bicyclic) bond motifs is 5. The second-order valence-electron chi connectivity index (χ2n) is 18.3. The third-order valence-corrected chi connectivity index (χ3v) is 14.9. The van der Waals surface area contributed by atoms with Crippen LogP contribution in [-0.2, 0) is 28.8 Å². The molecule has 330 valence electrons. The van der Waals surface area contributed by atoms with Gasteiger partial charge in [-0.05, 0) is 97.7 Å². The molecule has 4 aliphatic carbocycles. The van der Waals surface area contributed by atoms with Crippen LogP contribution in [0.25, 0.3) is 0 Å². The lowest BCUT2D eigenvalue weighted by atomic mass is 9.43. The van der Waals surface area contributed by atoms with E-state index < -0.39 is 74.3 Å². The molecule has 0 spiro atoms. The van der Waals surface area contributed by atoms with Crippen LogP contribution in [-0.4, -0.2) is 163 Å². The highest BCUT2D eigenvalue weighted by atomic mass is 16.4. The van der Waals surface area contributed by atoms with Crippen LogP contribution in [0.2, 0.25) is 0 Å². The minimum absolute atomic E-state index is 0.111. The third-order valence-electron chi connectivity index (χ3n) is 14.9. The van der Waals surface area contributed by atoms with E-state index in [4.69, 9.17) is 0 Å². The first kappa shape index (κ1) is 47.3. The summed E-state index contributed by atoms with van der Waals surface area (Å²) in [6.07, 6.45) is 6.48. The summed E-state index contributed by atoms with van der Waals surface area (Å²) in [6.45, 7) is 5.86. The van der Waals surface area contributed by atoms with Gasteiger partial charge in [-0.25, -0.2) is 0 Å². The predicted molar refractivity (Wildman–Crippen MR) is 210 cm³/mol. The number of nitrogens with zero attached hydrogens (tertiary/aromatic N) is 3. The average Bonchev–Trinajstić information content (AvgIpc) is 3.47. The quantitative estimate of drug-likeness (QED) is 0.0732. The van der Waals surface area contributed by atoms with Gasteiger partial charge in [-0.1, -0.05) is 40.5 Å². The molecule has 8 N–H and O–H groups in total. The Morgan fingerprint density at radius 2 is 1.28 bits per heavy atom. The van der Waals surface area contributed by atoms with E-state index in [1.807, 2.05) is 0 Å². The molecule has 0 aliphatic heterocycles. The van der Waals surface area contributed by atoms with E-state index in [-0.39, 0.29) is 85.5 Å². The number of carbonyl (C=O) groups excluding carboxylic acids is 1. The van der Waals surface area contributed by atoms with Crippen molar-refractivity contribution in [3.8, 4) is 0 Å². The van der Waals surface area contributed by atoms with E-state index >= 15 is 0 Å². The summed E-state index contributed by atoms with van der Waals surface area (Å²) in [4.78, 5) is 75.3. The fraction of sp³-hybridized carbons (Fsp3) is 0.854. The highest BCUT2D eigenvalue weighted by Gasteiger charge is 2.65. The van der Waals surface area contributed by atoms with Gasteiger partial charge in [0.25, 0.3) is 0 Å². The molecule has 0 bridgehead atoms. The van der Waals surface area contributed by atoms with Crippen molar-refractivity contribution in [2.24, 2.45) is 46.3 Å². The van der Waals surface area contributed by atoms with E-state index in [1.165, 1.54) is 4.90 Å². The Balaban J connectivity index is 1.42. The van der Waals surface area contributed by atoms with E-state index in [0.29, 0.717) is 37.5 Å². The molecule has 1 unspecified atom stereocenters. The van der Waals surface area contributed by atoms with Gasteiger partial charge in [-0.3, -0.25) is 43.5 Å². The molecule has 4 fully saturated rings. The number of amides is 1. The molecule has 0 radical (unpaired) electrons. The minimum atomic E-state index is -1.32. The maximum absolute atomic E-state index is 13.5. The second-order valence-corrected chi connectivity index (χ2v) is 18.3. The largest absolute Gasteiger partial charge is 0.480 e. The van der Waals surface area contributed by atoms with Crippen molar-refractivity contribution in [2.45, 2.75) is 123 Å². The van der Waals surface area contributed by atoms with Crippen molar-refractivity contribution in [1.29, 1.82) is 0 Å². The molecule has 0 aromatic carbocycles. The van der Waals surface area contributed by atoms with E-state index in [1.54, 1.807) is 0 Å². The summed E-state index contributed by atoms with van der Waals surface area (Å²) >= 11 is 0. The van der Waals surface area contributed by atoms with Gasteiger partial charge in [0.1, 0.15) is 6.04 Å². The summed E-state index contributed by atoms with van der Waals surface area (Å²) in [5, 5.41) is 74.3. The molecule has 4 rings (SSSR count). The fourth-order valence-corrected chi connectivity index (χ4v) is 12.1. The third kappa shape index (κ3) is 11.3. The molecule has 12 atom stereocenters. The first-order valence-electron chi connectivity index (χ1n) is 21.1. The van der Waals surface area contributed by atoms with Crippen LogP contribution >= 0.6 is 0 Å². The van der Waals surface area contributed by atoms with Crippen LogP contribution in [0.4, 0.5) is 0 Å². The van der Waals surface area contributed by atoms with E-state index in [2.05, 4.69) is 33.0 Å². The normalized spacial score (nSPS) is 32.8. The van der Waals surface area contributed by atoms with Gasteiger partial charge in [0.05, 0.1) is 38.4 Å². The van der Waals surface area contributed by atoms with E-state index in [0.717, 1.165) is 41.9 Å². The number of carboxylic acids is 5. The molecule has 1 amide bonds. The zero-order valence-corrected chi connectivity index (χ0v) is 34.6. The Bertz CT molecular complexity index is 1410.